The summed E-state index contributed by atoms with van der Waals surface area (Å²) in [7, 11) is -3.62. The van der Waals surface area contributed by atoms with Crippen LogP contribution in [0, 0.1) is 6.92 Å². The Kier molecular flexibility index (Phi) is 10.6. The summed E-state index contributed by atoms with van der Waals surface area (Å²) in [5.74, 6) is 0.686. The number of amides is 2. The highest BCUT2D eigenvalue weighted by atomic mass is 32.2. The molecule has 0 unspecified atom stereocenters. The van der Waals surface area contributed by atoms with Crippen molar-refractivity contribution in [2.75, 3.05) is 30.3 Å². The van der Waals surface area contributed by atoms with Crippen LogP contribution >= 0.6 is 0 Å². The van der Waals surface area contributed by atoms with Crippen LogP contribution in [0.1, 0.15) is 57.6 Å². The molecular formula is C29H41N3O6S. The average molecular weight is 560 g/mol. The van der Waals surface area contributed by atoms with E-state index < -0.39 is 16.1 Å². The van der Waals surface area contributed by atoms with E-state index in [-0.39, 0.29) is 37.2 Å². The van der Waals surface area contributed by atoms with Crippen LogP contribution in [0.5, 0.6) is 11.5 Å². The number of fused-ring (bicyclic) bond motifs is 1. The maximum Gasteiger partial charge on any atom is 0.243 e. The first kappa shape index (κ1) is 30.3. The van der Waals surface area contributed by atoms with E-state index in [1.54, 1.807) is 23.1 Å². The second-order valence-corrected chi connectivity index (χ2v) is 11.9. The molecule has 39 heavy (non-hydrogen) atoms. The van der Waals surface area contributed by atoms with Gasteiger partial charge in [-0.3, -0.25) is 13.9 Å². The first-order valence-corrected chi connectivity index (χ1v) is 15.4. The number of sulfonamides is 1. The maximum absolute atomic E-state index is 13.6. The Hall–Kier alpha value is -3.27. The van der Waals surface area contributed by atoms with Gasteiger partial charge < -0.3 is 19.7 Å². The zero-order chi connectivity index (χ0) is 28.6. The third-order valence-corrected chi connectivity index (χ3v) is 8.02. The number of aryl methyl sites for hydroxylation is 1. The number of anilines is 1. The Bertz CT molecular complexity index is 1230. The third-order valence-electron chi connectivity index (χ3n) is 6.83. The van der Waals surface area contributed by atoms with Gasteiger partial charge in [0.05, 0.1) is 11.9 Å². The van der Waals surface area contributed by atoms with E-state index in [1.165, 1.54) is 4.31 Å². The predicted octanol–water partition coefficient (Wildman–Crippen LogP) is 4.03. The summed E-state index contributed by atoms with van der Waals surface area (Å²) in [4.78, 5) is 28.3. The van der Waals surface area contributed by atoms with Crippen molar-refractivity contribution in [1.82, 2.24) is 10.2 Å². The molecule has 214 valence electrons. The van der Waals surface area contributed by atoms with E-state index in [0.29, 0.717) is 43.4 Å². The molecule has 0 saturated carbocycles. The number of carbonyl (C=O) groups excluding carboxylic acids is 2. The Morgan fingerprint density at radius 3 is 2.28 bits per heavy atom. The van der Waals surface area contributed by atoms with Gasteiger partial charge in [-0.1, -0.05) is 43.7 Å². The SMILES string of the molecule is CC[C@@H](C)NC(=O)[C@@H](CC)N(Cc1ccc(C)cc1)C(=O)CCCN(c1ccc2c(c1)OCCO2)S(C)(=O)=O. The summed E-state index contributed by atoms with van der Waals surface area (Å²) < 4.78 is 37.8. The monoisotopic (exact) mass is 559 g/mol. The first-order chi connectivity index (χ1) is 18.5. The summed E-state index contributed by atoms with van der Waals surface area (Å²) >= 11 is 0. The van der Waals surface area contributed by atoms with Crippen molar-refractivity contribution >= 4 is 27.5 Å². The van der Waals surface area contributed by atoms with Crippen LogP contribution in [0.3, 0.4) is 0 Å². The highest BCUT2D eigenvalue weighted by Crippen LogP contribution is 2.34. The van der Waals surface area contributed by atoms with Crippen LogP contribution in [0.15, 0.2) is 42.5 Å². The molecule has 1 heterocycles. The van der Waals surface area contributed by atoms with Crippen molar-refractivity contribution in [3.63, 3.8) is 0 Å². The zero-order valence-corrected chi connectivity index (χ0v) is 24.4. The average Bonchev–Trinajstić information content (AvgIpc) is 2.90. The Morgan fingerprint density at radius 1 is 1.00 bits per heavy atom. The molecule has 2 aromatic rings. The topological polar surface area (TPSA) is 105 Å². The lowest BCUT2D eigenvalue weighted by molar-refractivity contribution is -0.141. The summed E-state index contributed by atoms with van der Waals surface area (Å²) in [6.07, 6.45) is 2.77. The molecule has 1 aliphatic rings. The molecule has 2 atom stereocenters. The van der Waals surface area contributed by atoms with Crippen molar-refractivity contribution in [3.8, 4) is 11.5 Å². The molecule has 0 aliphatic carbocycles. The normalized spacial score (nSPS) is 14.3. The number of benzene rings is 2. The van der Waals surface area contributed by atoms with Crippen LogP contribution in [0.25, 0.3) is 0 Å². The number of carbonyl (C=O) groups is 2. The molecule has 2 amide bonds. The van der Waals surface area contributed by atoms with Crippen LogP contribution in [0.4, 0.5) is 5.69 Å². The molecule has 10 heteroatoms. The number of rotatable bonds is 13. The van der Waals surface area contributed by atoms with Crippen molar-refractivity contribution in [2.45, 2.75) is 72.0 Å². The highest BCUT2D eigenvalue weighted by molar-refractivity contribution is 7.92. The largest absolute Gasteiger partial charge is 0.486 e. The Morgan fingerprint density at radius 2 is 1.67 bits per heavy atom. The fourth-order valence-electron chi connectivity index (χ4n) is 4.44. The van der Waals surface area contributed by atoms with Gasteiger partial charge in [0.1, 0.15) is 19.3 Å². The maximum atomic E-state index is 13.6. The van der Waals surface area contributed by atoms with Gasteiger partial charge in [0.25, 0.3) is 0 Å². The van der Waals surface area contributed by atoms with E-state index in [0.717, 1.165) is 23.8 Å². The molecule has 0 spiro atoms. The second-order valence-electron chi connectivity index (χ2n) is 10.0. The quantitative estimate of drug-likeness (QED) is 0.397. The van der Waals surface area contributed by atoms with Gasteiger partial charge in [-0.2, -0.15) is 0 Å². The predicted molar refractivity (Wildman–Crippen MR) is 153 cm³/mol. The lowest BCUT2D eigenvalue weighted by Gasteiger charge is -2.32. The first-order valence-electron chi connectivity index (χ1n) is 13.6. The minimum atomic E-state index is -3.62. The van der Waals surface area contributed by atoms with Gasteiger partial charge in [0.2, 0.25) is 21.8 Å². The number of hydrogen-bond acceptors (Lipinski definition) is 6. The molecule has 0 saturated heterocycles. The molecule has 9 nitrogen and oxygen atoms in total. The molecule has 0 radical (unpaired) electrons. The molecule has 0 fully saturated rings. The van der Waals surface area contributed by atoms with Crippen molar-refractivity contribution in [1.29, 1.82) is 0 Å². The minimum absolute atomic E-state index is 0.00260. The second kappa shape index (κ2) is 13.7. The molecule has 3 rings (SSSR count). The smallest absolute Gasteiger partial charge is 0.243 e. The summed E-state index contributed by atoms with van der Waals surface area (Å²) in [6, 6.07) is 12.3. The number of nitrogens with zero attached hydrogens (tertiary/aromatic N) is 2. The van der Waals surface area contributed by atoms with E-state index in [1.807, 2.05) is 52.0 Å². The molecule has 2 aromatic carbocycles. The van der Waals surface area contributed by atoms with Gasteiger partial charge in [-0.15, -0.1) is 0 Å². The van der Waals surface area contributed by atoms with Crippen molar-refractivity contribution in [2.24, 2.45) is 0 Å². The lowest BCUT2D eigenvalue weighted by atomic mass is 10.1. The van der Waals surface area contributed by atoms with Gasteiger partial charge in [-0.05, 0) is 50.8 Å². The number of hydrogen-bond donors (Lipinski definition) is 1. The lowest BCUT2D eigenvalue weighted by Crippen LogP contribution is -2.50. The van der Waals surface area contributed by atoms with Crippen LogP contribution < -0.4 is 19.1 Å². The number of ether oxygens (including phenoxy) is 2. The van der Waals surface area contributed by atoms with E-state index in [4.69, 9.17) is 9.47 Å². The van der Waals surface area contributed by atoms with Crippen LogP contribution in [-0.4, -0.2) is 63.2 Å². The standard InChI is InChI=1S/C29H41N3O6S/c1-6-22(4)30-29(34)25(7-2)31(20-23-12-10-21(3)11-13-23)28(33)9-8-16-32(39(5,35)36)24-14-15-26-27(19-24)38-18-17-37-26/h10-15,19,22,25H,6-9,16-18,20H2,1-5H3,(H,30,34)/t22-,25-/m1/s1. The van der Waals surface area contributed by atoms with Crippen LogP contribution in [-0.2, 0) is 26.2 Å². The van der Waals surface area contributed by atoms with E-state index in [9.17, 15) is 18.0 Å². The van der Waals surface area contributed by atoms with E-state index >= 15 is 0 Å². The van der Waals surface area contributed by atoms with Gasteiger partial charge in [0.15, 0.2) is 11.5 Å². The Balaban J connectivity index is 1.77. The van der Waals surface area contributed by atoms with Crippen LogP contribution in [0.2, 0.25) is 0 Å². The summed E-state index contributed by atoms with van der Waals surface area (Å²) in [5.41, 5.74) is 2.49. The van der Waals surface area contributed by atoms with Crippen molar-refractivity contribution < 1.29 is 27.5 Å². The Labute approximate surface area is 232 Å². The van der Waals surface area contributed by atoms with Gasteiger partial charge in [-0.25, -0.2) is 8.42 Å². The fourth-order valence-corrected chi connectivity index (χ4v) is 5.40. The third kappa shape index (κ3) is 8.36. The summed E-state index contributed by atoms with van der Waals surface area (Å²) in [6.45, 7) is 9.06. The zero-order valence-electron chi connectivity index (χ0n) is 23.6. The molecular weight excluding hydrogens is 518 g/mol. The summed E-state index contributed by atoms with van der Waals surface area (Å²) in [5, 5.41) is 3.01. The minimum Gasteiger partial charge on any atom is -0.486 e. The molecule has 0 aromatic heterocycles. The van der Waals surface area contributed by atoms with Gasteiger partial charge in [0, 0.05) is 31.6 Å². The van der Waals surface area contributed by atoms with E-state index in [2.05, 4.69) is 5.32 Å². The molecule has 0 bridgehead atoms. The molecule has 1 aliphatic heterocycles. The number of nitrogens with one attached hydrogen (secondary N) is 1. The van der Waals surface area contributed by atoms with Crippen molar-refractivity contribution in [3.05, 3.63) is 53.6 Å². The fraction of sp³-hybridized carbons (Fsp3) is 0.517. The molecule has 1 N–H and O–H groups in total. The van der Waals surface area contributed by atoms with Gasteiger partial charge >= 0.3 is 0 Å². The highest BCUT2D eigenvalue weighted by Gasteiger charge is 2.29.